The second kappa shape index (κ2) is 11.9. The highest BCUT2D eigenvalue weighted by Gasteiger charge is 2.30. The fourth-order valence-electron chi connectivity index (χ4n) is 4.45. The van der Waals surface area contributed by atoms with Crippen molar-refractivity contribution >= 4 is 5.78 Å². The van der Waals surface area contributed by atoms with Crippen molar-refractivity contribution < 1.29 is 19.4 Å². The molecule has 0 aromatic heterocycles. The molecular weight excluding hydrogens is 400 g/mol. The standard InChI is InChI=1S/C28H36O4/c1-31-26-15-13-24(20-27(26)32-2)12-14-25(29)21-28(30)18-16-23(17-19-28)11-7-6-10-22-8-4-3-5-9-22/h3-5,8-9,13,15-16,18,20,23,30H,6-7,10-12,14,17,19,21H2,1-2H3/t23-,28+/m0/s1. The Morgan fingerprint density at radius 1 is 1.00 bits per heavy atom. The van der Waals surface area contributed by atoms with E-state index < -0.39 is 5.60 Å². The maximum atomic E-state index is 12.5. The molecule has 1 N–H and O–H groups in total. The van der Waals surface area contributed by atoms with Crippen LogP contribution in [0.3, 0.4) is 0 Å². The fraction of sp³-hybridized carbons (Fsp3) is 0.464. The predicted molar refractivity (Wildman–Crippen MR) is 128 cm³/mol. The monoisotopic (exact) mass is 436 g/mol. The van der Waals surface area contributed by atoms with Gasteiger partial charge in [0.25, 0.3) is 0 Å². The molecule has 1 aliphatic rings. The fourth-order valence-corrected chi connectivity index (χ4v) is 4.45. The van der Waals surface area contributed by atoms with Crippen molar-refractivity contribution in [2.24, 2.45) is 5.92 Å². The molecule has 4 nitrogen and oxygen atoms in total. The highest BCUT2D eigenvalue weighted by molar-refractivity contribution is 5.80. The third-order valence-electron chi connectivity index (χ3n) is 6.40. The van der Waals surface area contributed by atoms with Crippen LogP contribution in [0.25, 0.3) is 0 Å². The molecule has 0 aliphatic heterocycles. The molecule has 172 valence electrons. The minimum absolute atomic E-state index is 0.0910. The summed E-state index contributed by atoms with van der Waals surface area (Å²) < 4.78 is 10.6. The van der Waals surface area contributed by atoms with Crippen molar-refractivity contribution in [1.29, 1.82) is 0 Å². The molecule has 4 heteroatoms. The molecule has 32 heavy (non-hydrogen) atoms. The first kappa shape index (κ1) is 24.1. The van der Waals surface area contributed by atoms with E-state index in [9.17, 15) is 9.90 Å². The van der Waals surface area contributed by atoms with Gasteiger partial charge < -0.3 is 14.6 Å². The zero-order chi connectivity index (χ0) is 22.8. The molecule has 0 spiro atoms. The summed E-state index contributed by atoms with van der Waals surface area (Å²) in [6, 6.07) is 16.3. The van der Waals surface area contributed by atoms with Crippen LogP contribution in [0.1, 0.15) is 56.1 Å². The number of aliphatic hydroxyl groups is 1. The molecule has 1 aliphatic carbocycles. The molecule has 0 heterocycles. The maximum absolute atomic E-state index is 12.5. The van der Waals surface area contributed by atoms with E-state index in [0.29, 0.717) is 36.7 Å². The van der Waals surface area contributed by atoms with E-state index in [1.54, 1.807) is 14.2 Å². The smallest absolute Gasteiger partial charge is 0.160 e. The number of methoxy groups -OCH3 is 2. The summed E-state index contributed by atoms with van der Waals surface area (Å²) in [6.45, 7) is 0. The first-order valence-electron chi connectivity index (χ1n) is 11.7. The first-order valence-corrected chi connectivity index (χ1v) is 11.7. The normalized spacial score (nSPS) is 20.2. The summed E-state index contributed by atoms with van der Waals surface area (Å²) in [7, 11) is 3.21. The molecule has 0 unspecified atom stereocenters. The van der Waals surface area contributed by atoms with Crippen LogP contribution in [-0.2, 0) is 17.6 Å². The molecule has 3 rings (SSSR count). The number of ether oxygens (including phenoxy) is 2. The SMILES string of the molecule is COc1ccc(CCC(=O)C[C@@]2(O)C=C[C@H](CCCCc3ccccc3)CC2)cc1OC. The zero-order valence-corrected chi connectivity index (χ0v) is 19.4. The van der Waals surface area contributed by atoms with Crippen molar-refractivity contribution in [3.05, 3.63) is 71.8 Å². The molecule has 2 aromatic carbocycles. The molecule has 0 radical (unpaired) electrons. The van der Waals surface area contributed by atoms with E-state index in [1.165, 1.54) is 18.4 Å². The van der Waals surface area contributed by atoms with Crippen molar-refractivity contribution in [1.82, 2.24) is 0 Å². The summed E-state index contributed by atoms with van der Waals surface area (Å²) >= 11 is 0. The van der Waals surface area contributed by atoms with Crippen LogP contribution >= 0.6 is 0 Å². The van der Waals surface area contributed by atoms with Gasteiger partial charge in [-0.3, -0.25) is 4.79 Å². The van der Waals surface area contributed by atoms with E-state index >= 15 is 0 Å². The number of hydrogen-bond acceptors (Lipinski definition) is 4. The van der Waals surface area contributed by atoms with Gasteiger partial charge in [-0.25, -0.2) is 0 Å². The van der Waals surface area contributed by atoms with E-state index in [-0.39, 0.29) is 12.2 Å². The average molecular weight is 437 g/mol. The predicted octanol–water partition coefficient (Wildman–Crippen LogP) is 5.71. The van der Waals surface area contributed by atoms with Gasteiger partial charge in [0.2, 0.25) is 0 Å². The van der Waals surface area contributed by atoms with Gasteiger partial charge >= 0.3 is 0 Å². The average Bonchev–Trinajstić information content (AvgIpc) is 2.82. The molecule has 0 fully saturated rings. The van der Waals surface area contributed by atoms with Crippen molar-refractivity contribution in [3.63, 3.8) is 0 Å². The van der Waals surface area contributed by atoms with E-state index in [2.05, 4.69) is 36.4 Å². The van der Waals surface area contributed by atoms with Gasteiger partial charge in [0, 0.05) is 12.8 Å². The Hall–Kier alpha value is -2.59. The van der Waals surface area contributed by atoms with Crippen molar-refractivity contribution in [2.75, 3.05) is 14.2 Å². The minimum Gasteiger partial charge on any atom is -0.493 e. The third kappa shape index (κ3) is 7.23. The van der Waals surface area contributed by atoms with E-state index in [4.69, 9.17) is 9.47 Å². The third-order valence-corrected chi connectivity index (χ3v) is 6.40. The molecule has 0 saturated carbocycles. The molecule has 2 aromatic rings. The number of carbonyl (C=O) groups excluding carboxylic acids is 1. The van der Waals surface area contributed by atoms with Gasteiger partial charge in [0.1, 0.15) is 5.78 Å². The molecule has 0 amide bonds. The maximum Gasteiger partial charge on any atom is 0.160 e. The summed E-state index contributed by atoms with van der Waals surface area (Å²) in [6.07, 6.45) is 11.5. The lowest BCUT2D eigenvalue weighted by Gasteiger charge is -2.30. The summed E-state index contributed by atoms with van der Waals surface area (Å²) in [5.74, 6) is 1.95. The zero-order valence-electron chi connectivity index (χ0n) is 19.4. The van der Waals surface area contributed by atoms with Crippen molar-refractivity contribution in [3.8, 4) is 11.5 Å². The van der Waals surface area contributed by atoms with Gasteiger partial charge in [0.15, 0.2) is 11.5 Å². The van der Waals surface area contributed by atoms with Gasteiger partial charge in [-0.2, -0.15) is 0 Å². The second-order valence-corrected chi connectivity index (χ2v) is 8.90. The van der Waals surface area contributed by atoms with Gasteiger partial charge in [-0.05, 0) is 67.7 Å². The first-order chi connectivity index (χ1) is 15.5. The summed E-state index contributed by atoms with van der Waals surface area (Å²) in [5.41, 5.74) is 1.43. The Morgan fingerprint density at radius 3 is 2.47 bits per heavy atom. The van der Waals surface area contributed by atoms with E-state index in [1.807, 2.05) is 24.3 Å². The topological polar surface area (TPSA) is 55.8 Å². The van der Waals surface area contributed by atoms with E-state index in [0.717, 1.165) is 24.8 Å². The quantitative estimate of drug-likeness (QED) is 0.342. The number of unbranched alkanes of at least 4 members (excludes halogenated alkanes) is 1. The summed E-state index contributed by atoms with van der Waals surface area (Å²) in [5, 5.41) is 10.9. The summed E-state index contributed by atoms with van der Waals surface area (Å²) in [4.78, 5) is 12.5. The lowest BCUT2D eigenvalue weighted by Crippen LogP contribution is -2.32. The Labute approximate surface area is 192 Å². The number of ketones is 1. The van der Waals surface area contributed by atoms with Crippen molar-refractivity contribution in [2.45, 2.75) is 63.4 Å². The van der Waals surface area contributed by atoms with Crippen LogP contribution in [-0.4, -0.2) is 30.7 Å². The number of aryl methyl sites for hydroxylation is 2. The molecular formula is C28H36O4. The van der Waals surface area contributed by atoms with Gasteiger partial charge in [0.05, 0.1) is 19.8 Å². The number of benzene rings is 2. The van der Waals surface area contributed by atoms with Crippen LogP contribution in [0.5, 0.6) is 11.5 Å². The number of allylic oxidation sites excluding steroid dienone is 1. The Kier molecular flexibility index (Phi) is 8.92. The van der Waals surface area contributed by atoms with Crippen LogP contribution in [0, 0.1) is 5.92 Å². The Balaban J connectivity index is 1.39. The van der Waals surface area contributed by atoms with Crippen LogP contribution < -0.4 is 9.47 Å². The Morgan fingerprint density at radius 2 is 1.78 bits per heavy atom. The van der Waals surface area contributed by atoms with Gasteiger partial charge in [-0.1, -0.05) is 55.0 Å². The van der Waals surface area contributed by atoms with Crippen LogP contribution in [0.4, 0.5) is 0 Å². The number of carbonyl (C=O) groups is 1. The molecule has 2 atom stereocenters. The number of rotatable bonds is 12. The Bertz CT molecular complexity index is 890. The lowest BCUT2D eigenvalue weighted by molar-refractivity contribution is -0.122. The second-order valence-electron chi connectivity index (χ2n) is 8.90. The largest absolute Gasteiger partial charge is 0.493 e. The molecule has 0 bridgehead atoms. The minimum atomic E-state index is -0.991. The highest BCUT2D eigenvalue weighted by Crippen LogP contribution is 2.32. The molecule has 0 saturated heterocycles. The number of hydrogen-bond donors (Lipinski definition) is 1. The van der Waals surface area contributed by atoms with Gasteiger partial charge in [-0.15, -0.1) is 0 Å². The lowest BCUT2D eigenvalue weighted by atomic mass is 9.80. The number of Topliss-reactive ketones (excluding diaryl/α,β-unsaturated/α-hetero) is 1. The highest BCUT2D eigenvalue weighted by atomic mass is 16.5. The van der Waals surface area contributed by atoms with Crippen LogP contribution in [0.2, 0.25) is 0 Å². The van der Waals surface area contributed by atoms with Crippen LogP contribution in [0.15, 0.2) is 60.7 Å².